The molecule has 0 spiro atoms. The van der Waals surface area contributed by atoms with Crippen molar-refractivity contribution in [3.8, 4) is 0 Å². The molecule has 0 radical (unpaired) electrons. The summed E-state index contributed by atoms with van der Waals surface area (Å²) < 4.78 is 5.05. The monoisotopic (exact) mass is 273 g/mol. The molecule has 6 nitrogen and oxygen atoms in total. The number of urea groups is 1. The molecule has 2 amide bonds. The van der Waals surface area contributed by atoms with Gasteiger partial charge in [-0.1, -0.05) is 18.7 Å². The predicted molar refractivity (Wildman–Crippen MR) is 72.5 cm³/mol. The molecule has 1 aliphatic heterocycles. The van der Waals surface area contributed by atoms with Gasteiger partial charge < -0.3 is 15.4 Å². The number of hydrogen-bond donors (Lipinski definition) is 2. The minimum absolute atomic E-state index is 0.110. The summed E-state index contributed by atoms with van der Waals surface area (Å²) in [5.74, 6) is -0.509. The maximum absolute atomic E-state index is 12.1. The number of amides is 2. The van der Waals surface area contributed by atoms with Crippen molar-refractivity contribution in [2.75, 3.05) is 6.61 Å². The van der Waals surface area contributed by atoms with Crippen LogP contribution < -0.4 is 10.6 Å². The number of aromatic nitrogens is 1. The molecule has 1 aromatic heterocycles. The average Bonchev–Trinajstić information content (AvgIpc) is 2.45. The number of ether oxygens (including phenoxy) is 1. The van der Waals surface area contributed by atoms with Gasteiger partial charge in [0.1, 0.15) is 12.6 Å². The lowest BCUT2D eigenvalue weighted by Gasteiger charge is -2.27. The number of nitrogens with one attached hydrogen (secondary N) is 2. The van der Waals surface area contributed by atoms with E-state index in [1.54, 1.807) is 31.3 Å². The molecule has 0 saturated heterocycles. The second-order valence-corrected chi connectivity index (χ2v) is 4.21. The molecule has 20 heavy (non-hydrogen) atoms. The third kappa shape index (κ3) is 2.85. The average molecular weight is 273 g/mol. The molecular weight excluding hydrogens is 258 g/mol. The van der Waals surface area contributed by atoms with E-state index in [0.29, 0.717) is 17.0 Å². The Hall–Kier alpha value is -2.63. The highest BCUT2D eigenvalue weighted by Gasteiger charge is 2.32. The van der Waals surface area contributed by atoms with Crippen LogP contribution in [0, 0.1) is 0 Å². The quantitative estimate of drug-likeness (QED) is 0.642. The lowest BCUT2D eigenvalue weighted by atomic mass is 9.99. The number of rotatable bonds is 4. The first-order valence-electron chi connectivity index (χ1n) is 6.10. The Kier molecular flexibility index (Phi) is 4.14. The van der Waals surface area contributed by atoms with Crippen molar-refractivity contribution in [1.29, 1.82) is 0 Å². The highest BCUT2D eigenvalue weighted by Crippen LogP contribution is 2.25. The smallest absolute Gasteiger partial charge is 0.338 e. The molecule has 2 heterocycles. The number of hydrogen-bond acceptors (Lipinski definition) is 4. The Balaban J connectivity index is 2.36. The van der Waals surface area contributed by atoms with Gasteiger partial charge in [-0.05, 0) is 19.1 Å². The van der Waals surface area contributed by atoms with E-state index < -0.39 is 12.0 Å². The van der Waals surface area contributed by atoms with Crippen molar-refractivity contribution in [3.05, 3.63) is 54.0 Å². The zero-order chi connectivity index (χ0) is 14.5. The van der Waals surface area contributed by atoms with Crippen LogP contribution >= 0.6 is 0 Å². The molecule has 1 atom stereocenters. The number of carbonyl (C=O) groups is 2. The zero-order valence-electron chi connectivity index (χ0n) is 11.1. The van der Waals surface area contributed by atoms with Crippen molar-refractivity contribution in [3.63, 3.8) is 0 Å². The SMILES string of the molecule is C=CCOC(=O)C1=C(C)NC(=O)NC1c1ccccn1. The first-order valence-corrected chi connectivity index (χ1v) is 6.10. The Morgan fingerprint density at radius 3 is 3.00 bits per heavy atom. The summed E-state index contributed by atoms with van der Waals surface area (Å²) in [7, 11) is 0. The van der Waals surface area contributed by atoms with E-state index in [1.165, 1.54) is 6.08 Å². The number of carbonyl (C=O) groups excluding carboxylic acids is 2. The van der Waals surface area contributed by atoms with Crippen LogP contribution in [0.5, 0.6) is 0 Å². The number of nitrogens with zero attached hydrogens (tertiary/aromatic N) is 1. The zero-order valence-corrected chi connectivity index (χ0v) is 11.1. The van der Waals surface area contributed by atoms with Gasteiger partial charge in [0, 0.05) is 11.9 Å². The molecule has 1 aliphatic rings. The minimum Gasteiger partial charge on any atom is -0.458 e. The van der Waals surface area contributed by atoms with Gasteiger partial charge in [-0.3, -0.25) is 4.98 Å². The molecule has 0 aliphatic carbocycles. The summed E-state index contributed by atoms with van der Waals surface area (Å²) in [6.07, 6.45) is 3.09. The maximum Gasteiger partial charge on any atom is 0.338 e. The van der Waals surface area contributed by atoms with Crippen LogP contribution in [0.2, 0.25) is 0 Å². The van der Waals surface area contributed by atoms with Gasteiger partial charge in [0.05, 0.1) is 11.3 Å². The molecule has 1 unspecified atom stereocenters. The molecule has 2 rings (SSSR count). The largest absolute Gasteiger partial charge is 0.458 e. The van der Waals surface area contributed by atoms with E-state index in [4.69, 9.17) is 4.74 Å². The van der Waals surface area contributed by atoms with Crippen LogP contribution in [0.4, 0.5) is 4.79 Å². The molecule has 0 bridgehead atoms. The maximum atomic E-state index is 12.1. The van der Waals surface area contributed by atoms with Crippen LogP contribution in [-0.2, 0) is 9.53 Å². The second-order valence-electron chi connectivity index (χ2n) is 4.21. The van der Waals surface area contributed by atoms with Gasteiger partial charge in [0.25, 0.3) is 0 Å². The van der Waals surface area contributed by atoms with Gasteiger partial charge in [0.2, 0.25) is 0 Å². The molecule has 2 N–H and O–H groups in total. The van der Waals surface area contributed by atoms with Gasteiger partial charge >= 0.3 is 12.0 Å². The third-order valence-electron chi connectivity index (χ3n) is 2.80. The molecule has 6 heteroatoms. The highest BCUT2D eigenvalue weighted by atomic mass is 16.5. The van der Waals surface area contributed by atoms with Crippen LogP contribution in [0.1, 0.15) is 18.7 Å². The number of pyridine rings is 1. The van der Waals surface area contributed by atoms with Gasteiger partial charge in [-0.15, -0.1) is 0 Å². The second kappa shape index (κ2) is 6.01. The molecule has 0 aromatic carbocycles. The third-order valence-corrected chi connectivity index (χ3v) is 2.80. The summed E-state index contributed by atoms with van der Waals surface area (Å²) in [5, 5.41) is 5.23. The number of allylic oxidation sites excluding steroid dienone is 1. The number of esters is 1. The highest BCUT2D eigenvalue weighted by molar-refractivity contribution is 5.94. The van der Waals surface area contributed by atoms with Crippen molar-refractivity contribution < 1.29 is 14.3 Å². The summed E-state index contributed by atoms with van der Waals surface area (Å²) in [5.41, 5.74) is 1.37. The lowest BCUT2D eigenvalue weighted by molar-refractivity contribution is -0.138. The molecule has 104 valence electrons. The van der Waals surface area contributed by atoms with Gasteiger partial charge in [-0.2, -0.15) is 0 Å². The van der Waals surface area contributed by atoms with Gasteiger partial charge in [-0.25, -0.2) is 9.59 Å². The van der Waals surface area contributed by atoms with Crippen LogP contribution in [0.25, 0.3) is 0 Å². The Bertz CT molecular complexity index is 566. The summed E-state index contributed by atoms with van der Waals surface area (Å²) >= 11 is 0. The Morgan fingerprint density at radius 2 is 2.35 bits per heavy atom. The van der Waals surface area contributed by atoms with Crippen molar-refractivity contribution >= 4 is 12.0 Å². The fourth-order valence-electron chi connectivity index (χ4n) is 1.95. The summed E-state index contributed by atoms with van der Waals surface area (Å²) in [6.45, 7) is 5.26. The van der Waals surface area contributed by atoms with Crippen LogP contribution in [0.15, 0.2) is 48.3 Å². The topological polar surface area (TPSA) is 80.3 Å². The summed E-state index contributed by atoms with van der Waals surface area (Å²) in [6, 6.07) is 4.29. The Morgan fingerprint density at radius 1 is 1.55 bits per heavy atom. The van der Waals surface area contributed by atoms with Crippen LogP contribution in [-0.4, -0.2) is 23.6 Å². The van der Waals surface area contributed by atoms with E-state index in [9.17, 15) is 9.59 Å². The fraction of sp³-hybridized carbons (Fsp3) is 0.214. The normalized spacial score (nSPS) is 18.1. The first kappa shape index (κ1) is 13.8. The Labute approximate surface area is 116 Å². The van der Waals surface area contributed by atoms with E-state index in [-0.39, 0.29) is 12.6 Å². The predicted octanol–water partition coefficient (Wildman–Crippen LogP) is 1.44. The molecule has 1 aromatic rings. The lowest BCUT2D eigenvalue weighted by Crippen LogP contribution is -2.45. The van der Waals surface area contributed by atoms with E-state index in [0.717, 1.165) is 0 Å². The van der Waals surface area contributed by atoms with E-state index in [2.05, 4.69) is 22.2 Å². The molecule has 0 fully saturated rings. The van der Waals surface area contributed by atoms with Crippen molar-refractivity contribution in [1.82, 2.24) is 15.6 Å². The fourth-order valence-corrected chi connectivity index (χ4v) is 1.95. The summed E-state index contributed by atoms with van der Waals surface area (Å²) in [4.78, 5) is 27.9. The molecular formula is C14H15N3O3. The van der Waals surface area contributed by atoms with Gasteiger partial charge in [0.15, 0.2) is 0 Å². The van der Waals surface area contributed by atoms with Crippen LogP contribution in [0.3, 0.4) is 0 Å². The first-order chi connectivity index (χ1) is 9.63. The van der Waals surface area contributed by atoms with Crippen molar-refractivity contribution in [2.24, 2.45) is 0 Å². The molecule has 0 saturated carbocycles. The van der Waals surface area contributed by atoms with E-state index >= 15 is 0 Å². The minimum atomic E-state index is -0.623. The standard InChI is InChI=1S/C14H15N3O3/c1-3-8-20-13(18)11-9(2)16-14(19)17-12(11)10-6-4-5-7-15-10/h3-7,12H,1,8H2,2H3,(H2,16,17,19). The van der Waals surface area contributed by atoms with E-state index in [1.807, 2.05) is 0 Å². The van der Waals surface area contributed by atoms with Crippen molar-refractivity contribution in [2.45, 2.75) is 13.0 Å².